The number of ether oxygens (including phenoxy) is 1. The van der Waals surface area contributed by atoms with Crippen LogP contribution in [0.4, 0.5) is 11.5 Å². The van der Waals surface area contributed by atoms with Gasteiger partial charge in [0.25, 0.3) is 0 Å². The Balaban J connectivity index is 1.49. The molecule has 5 rings (SSSR count). The Kier molecular flexibility index (Phi) is 4.82. The zero-order valence-electron chi connectivity index (χ0n) is 17.0. The number of amides is 1. The van der Waals surface area contributed by atoms with Crippen molar-refractivity contribution in [2.45, 2.75) is 55.3 Å². The van der Waals surface area contributed by atoms with E-state index in [-0.39, 0.29) is 17.2 Å². The van der Waals surface area contributed by atoms with Crippen LogP contribution in [0.15, 0.2) is 29.2 Å². The number of anilines is 2. The largest absolute Gasteiger partial charge is 0.379 e. The zero-order valence-corrected chi connectivity index (χ0v) is 17.8. The molecule has 1 aromatic heterocycles. The van der Waals surface area contributed by atoms with E-state index in [1.807, 2.05) is 15.6 Å². The highest BCUT2D eigenvalue weighted by atomic mass is 32.2. The monoisotopic (exact) mass is 430 g/mol. The van der Waals surface area contributed by atoms with E-state index in [1.54, 1.807) is 25.1 Å². The summed E-state index contributed by atoms with van der Waals surface area (Å²) in [5.41, 5.74) is 2.82. The van der Waals surface area contributed by atoms with E-state index in [4.69, 9.17) is 9.84 Å². The Morgan fingerprint density at radius 2 is 2.10 bits per heavy atom. The van der Waals surface area contributed by atoms with E-state index < -0.39 is 9.84 Å². The van der Waals surface area contributed by atoms with Gasteiger partial charge in [-0.15, -0.1) is 0 Å². The molecule has 1 unspecified atom stereocenters. The Labute approximate surface area is 176 Å². The van der Waals surface area contributed by atoms with Gasteiger partial charge in [0.05, 0.1) is 29.3 Å². The van der Waals surface area contributed by atoms with Crippen LogP contribution >= 0.6 is 0 Å². The molecule has 0 radical (unpaired) electrons. The smallest absolute Gasteiger partial charge is 0.219 e. The molecular weight excluding hydrogens is 404 g/mol. The van der Waals surface area contributed by atoms with Crippen molar-refractivity contribution in [3.05, 3.63) is 35.5 Å². The molecule has 1 atom stereocenters. The lowest BCUT2D eigenvalue weighted by atomic mass is 10.1. The third-order valence-electron chi connectivity index (χ3n) is 6.17. The summed E-state index contributed by atoms with van der Waals surface area (Å²) in [7, 11) is -3.26. The minimum atomic E-state index is -3.26. The third kappa shape index (κ3) is 3.50. The van der Waals surface area contributed by atoms with Gasteiger partial charge >= 0.3 is 0 Å². The normalized spacial score (nSPS) is 21.5. The molecule has 0 bridgehead atoms. The van der Waals surface area contributed by atoms with Gasteiger partial charge in [0.2, 0.25) is 5.91 Å². The predicted molar refractivity (Wildman–Crippen MR) is 111 cm³/mol. The van der Waals surface area contributed by atoms with Crippen molar-refractivity contribution in [1.82, 2.24) is 14.7 Å². The van der Waals surface area contributed by atoms with Crippen molar-refractivity contribution in [1.29, 1.82) is 0 Å². The molecule has 1 aliphatic carbocycles. The number of carbonyl (C=O) groups is 1. The second-order valence-corrected chi connectivity index (χ2v) is 10.6. The van der Waals surface area contributed by atoms with Gasteiger partial charge in [0.1, 0.15) is 0 Å². The average molecular weight is 431 g/mol. The molecule has 1 saturated heterocycles. The van der Waals surface area contributed by atoms with Crippen LogP contribution in [0.3, 0.4) is 0 Å². The van der Waals surface area contributed by atoms with Gasteiger partial charge < -0.3 is 15.0 Å². The first kappa shape index (κ1) is 19.6. The van der Waals surface area contributed by atoms with Gasteiger partial charge in [0, 0.05) is 43.4 Å². The summed E-state index contributed by atoms with van der Waals surface area (Å²) in [4.78, 5) is 14.1. The number of nitrogens with one attached hydrogen (secondary N) is 1. The van der Waals surface area contributed by atoms with E-state index in [0.29, 0.717) is 36.1 Å². The van der Waals surface area contributed by atoms with Gasteiger partial charge in [0.15, 0.2) is 15.7 Å². The average Bonchev–Trinajstić information content (AvgIpc) is 3.36. The molecule has 9 heteroatoms. The van der Waals surface area contributed by atoms with Crippen molar-refractivity contribution in [3.8, 4) is 0 Å². The molecule has 3 heterocycles. The molecule has 2 fully saturated rings. The summed E-state index contributed by atoms with van der Waals surface area (Å²) in [6, 6.07) is 7.14. The molecule has 1 N–H and O–H groups in total. The Hall–Kier alpha value is -2.39. The van der Waals surface area contributed by atoms with Crippen LogP contribution in [0.2, 0.25) is 0 Å². The predicted octanol–water partition coefficient (Wildman–Crippen LogP) is 2.43. The Bertz CT molecular complexity index is 1080. The van der Waals surface area contributed by atoms with Crippen LogP contribution in [-0.4, -0.2) is 54.0 Å². The van der Waals surface area contributed by atoms with E-state index >= 15 is 0 Å². The SMILES string of the molecule is CC(=O)N1CCc2c(c(Nc3cccc(S(=O)(=O)C4CC4)c3)nn2C2CCOC2)C1. The number of hydrogen-bond donors (Lipinski definition) is 1. The standard InChI is InChI=1S/C21H26N4O4S/c1-14(26)24-9-7-20-19(12-24)21(23-25(20)16-8-10-29-13-16)22-15-3-2-4-18(11-15)30(27,28)17-5-6-17/h2-4,11,16-17H,5-10,12-13H2,1H3,(H,22,23). The molecule has 2 aliphatic heterocycles. The molecule has 160 valence electrons. The molecule has 1 saturated carbocycles. The number of nitrogens with zero attached hydrogens (tertiary/aromatic N) is 3. The van der Waals surface area contributed by atoms with Crippen molar-refractivity contribution < 1.29 is 17.9 Å². The van der Waals surface area contributed by atoms with Crippen LogP contribution in [-0.2, 0) is 32.3 Å². The highest BCUT2D eigenvalue weighted by Gasteiger charge is 2.37. The number of sulfone groups is 1. The van der Waals surface area contributed by atoms with Gasteiger partial charge in [-0.05, 0) is 37.5 Å². The quantitative estimate of drug-likeness (QED) is 0.783. The lowest BCUT2D eigenvalue weighted by Crippen LogP contribution is -2.35. The van der Waals surface area contributed by atoms with Crippen LogP contribution in [0, 0.1) is 0 Å². The summed E-state index contributed by atoms with van der Waals surface area (Å²) in [6.45, 7) is 4.12. The Morgan fingerprint density at radius 3 is 2.80 bits per heavy atom. The van der Waals surface area contributed by atoms with E-state index in [2.05, 4.69) is 5.32 Å². The van der Waals surface area contributed by atoms with Crippen molar-refractivity contribution in [3.63, 3.8) is 0 Å². The van der Waals surface area contributed by atoms with Crippen molar-refractivity contribution >= 4 is 27.2 Å². The minimum Gasteiger partial charge on any atom is -0.379 e. The topological polar surface area (TPSA) is 93.5 Å². The fraction of sp³-hybridized carbons (Fsp3) is 0.524. The Morgan fingerprint density at radius 1 is 1.27 bits per heavy atom. The van der Waals surface area contributed by atoms with Crippen molar-refractivity contribution in [2.75, 3.05) is 25.1 Å². The maximum Gasteiger partial charge on any atom is 0.219 e. The number of rotatable bonds is 5. The molecule has 1 aromatic carbocycles. The maximum atomic E-state index is 12.6. The second kappa shape index (κ2) is 7.39. The van der Waals surface area contributed by atoms with Gasteiger partial charge in [-0.3, -0.25) is 9.48 Å². The van der Waals surface area contributed by atoms with E-state index in [9.17, 15) is 13.2 Å². The first-order valence-electron chi connectivity index (χ1n) is 10.5. The molecule has 0 spiro atoms. The summed E-state index contributed by atoms with van der Waals surface area (Å²) in [6.07, 6.45) is 3.14. The summed E-state index contributed by atoms with van der Waals surface area (Å²) < 4.78 is 32.9. The number of fused-ring (bicyclic) bond motifs is 1. The first-order valence-corrected chi connectivity index (χ1v) is 12.0. The first-order chi connectivity index (χ1) is 14.4. The summed E-state index contributed by atoms with van der Waals surface area (Å²) in [5, 5.41) is 7.93. The maximum absolute atomic E-state index is 12.6. The molecule has 3 aliphatic rings. The van der Waals surface area contributed by atoms with E-state index in [1.165, 1.54) is 0 Å². The highest BCUT2D eigenvalue weighted by molar-refractivity contribution is 7.92. The number of carbonyl (C=O) groups excluding carboxylic acids is 1. The van der Waals surface area contributed by atoms with Crippen LogP contribution in [0.25, 0.3) is 0 Å². The van der Waals surface area contributed by atoms with Crippen LogP contribution in [0.1, 0.15) is 43.5 Å². The van der Waals surface area contributed by atoms with Gasteiger partial charge in [-0.25, -0.2) is 8.42 Å². The lowest BCUT2D eigenvalue weighted by molar-refractivity contribution is -0.129. The number of benzene rings is 1. The molecule has 30 heavy (non-hydrogen) atoms. The second-order valence-electron chi connectivity index (χ2n) is 8.32. The molecule has 1 amide bonds. The summed E-state index contributed by atoms with van der Waals surface area (Å²) >= 11 is 0. The molecular formula is C21H26N4O4S. The number of aromatic nitrogens is 2. The number of hydrogen-bond acceptors (Lipinski definition) is 6. The van der Waals surface area contributed by atoms with Crippen molar-refractivity contribution in [2.24, 2.45) is 0 Å². The van der Waals surface area contributed by atoms with Gasteiger partial charge in [-0.2, -0.15) is 5.10 Å². The van der Waals surface area contributed by atoms with E-state index in [0.717, 1.165) is 43.5 Å². The third-order valence-corrected chi connectivity index (χ3v) is 8.43. The van der Waals surface area contributed by atoms with Gasteiger partial charge in [-0.1, -0.05) is 6.07 Å². The molecule has 8 nitrogen and oxygen atoms in total. The fourth-order valence-corrected chi connectivity index (χ4v) is 5.99. The van der Waals surface area contributed by atoms with Crippen LogP contribution in [0.5, 0.6) is 0 Å². The molecule has 2 aromatic rings. The minimum absolute atomic E-state index is 0.0427. The summed E-state index contributed by atoms with van der Waals surface area (Å²) in [5.74, 6) is 0.727. The fourth-order valence-electron chi connectivity index (χ4n) is 4.29. The lowest BCUT2D eigenvalue weighted by Gasteiger charge is -2.27. The highest BCUT2D eigenvalue weighted by Crippen LogP contribution is 2.36. The zero-order chi connectivity index (χ0) is 20.9. The van der Waals surface area contributed by atoms with Crippen LogP contribution < -0.4 is 5.32 Å².